The lowest BCUT2D eigenvalue weighted by Gasteiger charge is -2.23. The second kappa shape index (κ2) is 5.10. The Morgan fingerprint density at radius 1 is 1.56 bits per heavy atom. The Morgan fingerprint density at radius 2 is 2.50 bits per heavy atom. The number of rotatable bonds is 3. The van der Waals surface area contributed by atoms with E-state index in [0.29, 0.717) is 6.42 Å². The molecular formula is C13H19N3O2. The van der Waals surface area contributed by atoms with Gasteiger partial charge in [-0.05, 0) is 25.7 Å². The molecule has 2 N–H and O–H groups in total. The van der Waals surface area contributed by atoms with E-state index in [-0.39, 0.29) is 18.1 Å². The van der Waals surface area contributed by atoms with Gasteiger partial charge in [0.05, 0.1) is 24.5 Å². The zero-order valence-electron chi connectivity index (χ0n) is 10.4. The molecule has 0 bridgehead atoms. The smallest absolute Gasteiger partial charge is 0.222 e. The first-order valence-electron chi connectivity index (χ1n) is 6.73. The minimum Gasteiger partial charge on any atom is -0.378 e. The number of hydrogen-bond acceptors (Lipinski definition) is 3. The highest BCUT2D eigenvalue weighted by Crippen LogP contribution is 2.19. The summed E-state index contributed by atoms with van der Waals surface area (Å²) in [5.74, 6) is 0.120. The van der Waals surface area contributed by atoms with Crippen molar-refractivity contribution in [1.82, 2.24) is 15.3 Å². The van der Waals surface area contributed by atoms with Crippen LogP contribution in [0.4, 0.5) is 0 Å². The van der Waals surface area contributed by atoms with E-state index in [4.69, 9.17) is 4.74 Å². The van der Waals surface area contributed by atoms with Gasteiger partial charge in [0.1, 0.15) is 0 Å². The molecule has 0 spiro atoms. The highest BCUT2D eigenvalue weighted by atomic mass is 16.5. The highest BCUT2D eigenvalue weighted by Gasteiger charge is 2.24. The number of aromatic amines is 1. The fourth-order valence-corrected chi connectivity index (χ4v) is 2.82. The predicted octanol–water partition coefficient (Wildman–Crippen LogP) is 0.952. The number of fused-ring (bicyclic) bond motifs is 1. The second-order valence-corrected chi connectivity index (χ2v) is 5.17. The number of nitrogens with one attached hydrogen (secondary N) is 2. The van der Waals surface area contributed by atoms with Gasteiger partial charge in [-0.25, -0.2) is 4.98 Å². The molecule has 18 heavy (non-hydrogen) atoms. The van der Waals surface area contributed by atoms with Crippen LogP contribution in [0.2, 0.25) is 0 Å². The normalized spacial score (nSPS) is 26.9. The average molecular weight is 249 g/mol. The molecule has 1 aromatic heterocycles. The molecule has 0 radical (unpaired) electrons. The van der Waals surface area contributed by atoms with Crippen LogP contribution in [-0.4, -0.2) is 34.6 Å². The Morgan fingerprint density at radius 3 is 3.33 bits per heavy atom. The lowest BCUT2D eigenvalue weighted by molar-refractivity contribution is -0.124. The molecule has 0 aromatic carbocycles. The number of aromatic nitrogens is 2. The van der Waals surface area contributed by atoms with Crippen LogP contribution in [0.5, 0.6) is 0 Å². The Bertz CT molecular complexity index is 424. The SMILES string of the molecule is O=C(CC1CCCO1)NC1CCc2nc[nH]c2C1. The van der Waals surface area contributed by atoms with E-state index in [1.807, 2.05) is 0 Å². The summed E-state index contributed by atoms with van der Waals surface area (Å²) < 4.78 is 5.48. The number of ether oxygens (including phenoxy) is 1. The van der Waals surface area contributed by atoms with Crippen LogP contribution in [0.25, 0.3) is 0 Å². The van der Waals surface area contributed by atoms with Crippen molar-refractivity contribution < 1.29 is 9.53 Å². The van der Waals surface area contributed by atoms with E-state index in [9.17, 15) is 4.79 Å². The summed E-state index contributed by atoms with van der Waals surface area (Å²) in [7, 11) is 0. The van der Waals surface area contributed by atoms with Gasteiger partial charge in [-0.3, -0.25) is 4.79 Å². The number of hydrogen-bond donors (Lipinski definition) is 2. The molecule has 5 nitrogen and oxygen atoms in total. The van der Waals surface area contributed by atoms with Gasteiger partial charge < -0.3 is 15.0 Å². The van der Waals surface area contributed by atoms with E-state index in [0.717, 1.165) is 44.4 Å². The standard InChI is InChI=1S/C13H19N3O2/c17-13(7-10-2-1-5-18-10)16-9-3-4-11-12(6-9)15-8-14-11/h8-10H,1-7H2,(H,14,15)(H,16,17). The number of aryl methyl sites for hydroxylation is 1. The van der Waals surface area contributed by atoms with Crippen LogP contribution in [-0.2, 0) is 22.4 Å². The van der Waals surface area contributed by atoms with Crippen LogP contribution in [0.3, 0.4) is 0 Å². The van der Waals surface area contributed by atoms with Crippen molar-refractivity contribution in [2.45, 2.75) is 50.7 Å². The summed E-state index contributed by atoms with van der Waals surface area (Å²) in [6, 6.07) is 0.242. The van der Waals surface area contributed by atoms with E-state index in [2.05, 4.69) is 15.3 Å². The zero-order chi connectivity index (χ0) is 12.4. The topological polar surface area (TPSA) is 67.0 Å². The Hall–Kier alpha value is -1.36. The third kappa shape index (κ3) is 2.56. The van der Waals surface area contributed by atoms with Crippen molar-refractivity contribution in [2.75, 3.05) is 6.61 Å². The molecule has 3 rings (SSSR count). The largest absolute Gasteiger partial charge is 0.378 e. The quantitative estimate of drug-likeness (QED) is 0.838. The van der Waals surface area contributed by atoms with Gasteiger partial charge in [0.15, 0.2) is 0 Å². The maximum absolute atomic E-state index is 11.9. The lowest BCUT2D eigenvalue weighted by atomic mass is 9.96. The molecule has 1 amide bonds. The van der Waals surface area contributed by atoms with Gasteiger partial charge in [0.2, 0.25) is 5.91 Å². The number of carbonyl (C=O) groups is 1. The van der Waals surface area contributed by atoms with E-state index < -0.39 is 0 Å². The molecule has 2 unspecified atom stereocenters. The van der Waals surface area contributed by atoms with E-state index in [1.54, 1.807) is 6.33 Å². The monoisotopic (exact) mass is 249 g/mol. The maximum atomic E-state index is 11.9. The van der Waals surface area contributed by atoms with Crippen molar-refractivity contribution in [2.24, 2.45) is 0 Å². The summed E-state index contributed by atoms with van der Waals surface area (Å²) in [6.07, 6.45) is 7.28. The van der Waals surface area contributed by atoms with Gasteiger partial charge >= 0.3 is 0 Å². The molecule has 98 valence electrons. The van der Waals surface area contributed by atoms with Crippen LogP contribution in [0.15, 0.2) is 6.33 Å². The first-order valence-corrected chi connectivity index (χ1v) is 6.73. The maximum Gasteiger partial charge on any atom is 0.222 e. The number of H-pyrrole nitrogens is 1. The average Bonchev–Trinajstić information content (AvgIpc) is 2.98. The van der Waals surface area contributed by atoms with Gasteiger partial charge in [-0.15, -0.1) is 0 Å². The Kier molecular flexibility index (Phi) is 3.32. The summed E-state index contributed by atoms with van der Waals surface area (Å²) in [5, 5.41) is 3.11. The number of carbonyl (C=O) groups excluding carboxylic acids is 1. The molecule has 2 heterocycles. The van der Waals surface area contributed by atoms with Crippen molar-refractivity contribution in [3.05, 3.63) is 17.7 Å². The number of imidazole rings is 1. The molecular weight excluding hydrogens is 230 g/mol. The van der Waals surface area contributed by atoms with Crippen molar-refractivity contribution in [1.29, 1.82) is 0 Å². The van der Waals surface area contributed by atoms with E-state index >= 15 is 0 Å². The number of amides is 1. The fraction of sp³-hybridized carbons (Fsp3) is 0.692. The van der Waals surface area contributed by atoms with Gasteiger partial charge in [-0.1, -0.05) is 0 Å². The number of nitrogens with zero attached hydrogens (tertiary/aromatic N) is 1. The van der Waals surface area contributed by atoms with Crippen LogP contribution in [0.1, 0.15) is 37.1 Å². The highest BCUT2D eigenvalue weighted by molar-refractivity contribution is 5.76. The zero-order valence-corrected chi connectivity index (χ0v) is 10.4. The molecule has 1 saturated heterocycles. The van der Waals surface area contributed by atoms with Crippen LogP contribution < -0.4 is 5.32 Å². The van der Waals surface area contributed by atoms with Crippen molar-refractivity contribution in [3.63, 3.8) is 0 Å². The minimum atomic E-state index is 0.120. The lowest BCUT2D eigenvalue weighted by Crippen LogP contribution is -2.40. The Balaban J connectivity index is 1.50. The first kappa shape index (κ1) is 11.7. The summed E-state index contributed by atoms with van der Waals surface area (Å²) >= 11 is 0. The third-order valence-electron chi connectivity index (χ3n) is 3.79. The molecule has 2 aliphatic rings. The van der Waals surface area contributed by atoms with Crippen LogP contribution in [0, 0.1) is 0 Å². The molecule has 1 aromatic rings. The molecule has 1 fully saturated rings. The van der Waals surface area contributed by atoms with E-state index in [1.165, 1.54) is 5.69 Å². The molecule has 1 aliphatic heterocycles. The van der Waals surface area contributed by atoms with Crippen molar-refractivity contribution in [3.8, 4) is 0 Å². The second-order valence-electron chi connectivity index (χ2n) is 5.17. The first-order chi connectivity index (χ1) is 8.81. The summed E-state index contributed by atoms with van der Waals surface area (Å²) in [4.78, 5) is 19.3. The van der Waals surface area contributed by atoms with Gasteiger partial charge in [0.25, 0.3) is 0 Å². The van der Waals surface area contributed by atoms with Gasteiger partial charge in [-0.2, -0.15) is 0 Å². The molecule has 1 aliphatic carbocycles. The minimum absolute atomic E-state index is 0.120. The van der Waals surface area contributed by atoms with Gasteiger partial charge in [0, 0.05) is 24.8 Å². The third-order valence-corrected chi connectivity index (χ3v) is 3.79. The molecule has 2 atom stereocenters. The van der Waals surface area contributed by atoms with Crippen molar-refractivity contribution >= 4 is 5.91 Å². The molecule has 0 saturated carbocycles. The fourth-order valence-electron chi connectivity index (χ4n) is 2.82. The van der Waals surface area contributed by atoms with Crippen LogP contribution >= 0.6 is 0 Å². The molecule has 5 heteroatoms. The Labute approximate surface area is 106 Å². The summed E-state index contributed by atoms with van der Waals surface area (Å²) in [6.45, 7) is 0.804. The predicted molar refractivity (Wildman–Crippen MR) is 66.1 cm³/mol. The summed E-state index contributed by atoms with van der Waals surface area (Å²) in [5.41, 5.74) is 2.32.